The van der Waals surface area contributed by atoms with Gasteiger partial charge in [-0.3, -0.25) is 4.90 Å². The summed E-state index contributed by atoms with van der Waals surface area (Å²) < 4.78 is 23.7. The van der Waals surface area contributed by atoms with Crippen LogP contribution in [-0.4, -0.2) is 68.1 Å². The Morgan fingerprint density at radius 2 is 1.08 bits per heavy atom. The molecule has 0 heterocycles. The molecule has 0 unspecified atom stereocenters. The van der Waals surface area contributed by atoms with Crippen LogP contribution in [0.3, 0.4) is 0 Å². The van der Waals surface area contributed by atoms with Gasteiger partial charge in [0.15, 0.2) is 0 Å². The molecule has 0 aromatic carbocycles. The van der Waals surface area contributed by atoms with Gasteiger partial charge in [-0.25, -0.2) is 0 Å². The van der Waals surface area contributed by atoms with E-state index in [0.717, 1.165) is 64.4 Å². The molecule has 0 rings (SSSR count). The fourth-order valence-electron chi connectivity index (χ4n) is 3.24. The number of hydrogen-bond acceptors (Lipinski definition) is 5. The lowest BCUT2D eigenvalue weighted by atomic mass is 10.3. The molecule has 0 N–H and O–H groups in total. The second kappa shape index (κ2) is 14.8. The van der Waals surface area contributed by atoms with Crippen LogP contribution < -0.4 is 0 Å². The van der Waals surface area contributed by atoms with Gasteiger partial charge in [-0.05, 0) is 78.8 Å². The molecular formula is C19H41NO4Si2. The Bertz CT molecular complexity index is 350. The van der Waals surface area contributed by atoms with E-state index in [1.54, 1.807) is 0 Å². The molecule has 0 aromatic rings. The molecule has 0 aliphatic heterocycles. The average Bonchev–Trinajstić information content (AvgIpc) is 2.55. The third kappa shape index (κ3) is 11.5. The SMILES string of the molecule is C#CCN(CCC[Si](C)(OCC)OCC)CCC[Si](C)(OCC)OCC. The van der Waals surface area contributed by atoms with Crippen LogP contribution in [0, 0.1) is 12.3 Å². The molecule has 7 heteroatoms. The Balaban J connectivity index is 4.41. The van der Waals surface area contributed by atoms with Crippen molar-refractivity contribution in [3.63, 3.8) is 0 Å². The van der Waals surface area contributed by atoms with E-state index in [1.807, 2.05) is 27.7 Å². The minimum Gasteiger partial charge on any atom is -0.395 e. The zero-order valence-corrected chi connectivity index (χ0v) is 19.9. The standard InChI is InChI=1S/C19H41NO4Si2/c1-8-15-20(16-13-18-25(6,21-9-2)22-10-3)17-14-19-26(7,23-11-4)24-12-5/h1H,9-19H2,2-7H3. The van der Waals surface area contributed by atoms with E-state index in [2.05, 4.69) is 23.9 Å². The minimum absolute atomic E-state index is 0.684. The third-order valence-electron chi connectivity index (χ3n) is 4.32. The highest BCUT2D eigenvalue weighted by Gasteiger charge is 2.31. The van der Waals surface area contributed by atoms with Crippen molar-refractivity contribution in [3.8, 4) is 12.3 Å². The van der Waals surface area contributed by atoms with Crippen LogP contribution in [0.25, 0.3) is 0 Å². The lowest BCUT2D eigenvalue weighted by Crippen LogP contribution is -2.40. The summed E-state index contributed by atoms with van der Waals surface area (Å²) in [6, 6.07) is 2.00. The fraction of sp³-hybridized carbons (Fsp3) is 0.895. The highest BCUT2D eigenvalue weighted by molar-refractivity contribution is 6.66. The molecule has 0 fully saturated rings. The van der Waals surface area contributed by atoms with Crippen LogP contribution in [0.5, 0.6) is 0 Å². The van der Waals surface area contributed by atoms with E-state index >= 15 is 0 Å². The molecule has 26 heavy (non-hydrogen) atoms. The summed E-state index contributed by atoms with van der Waals surface area (Å²) in [4.78, 5) is 2.35. The normalized spacial score (nSPS) is 12.5. The Morgan fingerprint density at radius 1 is 0.731 bits per heavy atom. The summed E-state index contributed by atoms with van der Waals surface area (Å²) in [5.41, 5.74) is 0. The van der Waals surface area contributed by atoms with Crippen LogP contribution in [0.2, 0.25) is 25.2 Å². The van der Waals surface area contributed by atoms with Crippen LogP contribution in [0.1, 0.15) is 40.5 Å². The van der Waals surface area contributed by atoms with E-state index in [1.165, 1.54) is 0 Å². The maximum Gasteiger partial charge on any atom is 0.334 e. The zero-order valence-electron chi connectivity index (χ0n) is 17.9. The Kier molecular flexibility index (Phi) is 14.7. The maximum absolute atomic E-state index is 5.92. The second-order valence-corrected chi connectivity index (χ2v) is 13.4. The van der Waals surface area contributed by atoms with Crippen LogP contribution in [0.15, 0.2) is 0 Å². The van der Waals surface area contributed by atoms with Crippen LogP contribution in [-0.2, 0) is 17.7 Å². The van der Waals surface area contributed by atoms with Gasteiger partial charge in [-0.2, -0.15) is 0 Å². The molecule has 0 aliphatic rings. The van der Waals surface area contributed by atoms with Gasteiger partial charge in [-0.1, -0.05) is 5.92 Å². The topological polar surface area (TPSA) is 40.2 Å². The number of terminal acetylenes is 1. The van der Waals surface area contributed by atoms with Crippen molar-refractivity contribution in [1.82, 2.24) is 4.90 Å². The molecular weight excluding hydrogens is 362 g/mol. The van der Waals surface area contributed by atoms with E-state index < -0.39 is 17.1 Å². The van der Waals surface area contributed by atoms with Gasteiger partial charge in [0.2, 0.25) is 0 Å². The summed E-state index contributed by atoms with van der Waals surface area (Å²) in [6.07, 6.45) is 7.67. The predicted molar refractivity (Wildman–Crippen MR) is 114 cm³/mol. The quantitative estimate of drug-likeness (QED) is 0.271. The summed E-state index contributed by atoms with van der Waals surface area (Å²) in [5.74, 6) is 2.79. The van der Waals surface area contributed by atoms with Crippen molar-refractivity contribution in [2.45, 2.75) is 65.7 Å². The lowest BCUT2D eigenvalue weighted by Gasteiger charge is -2.29. The second-order valence-electron chi connectivity index (χ2n) is 6.69. The molecule has 5 nitrogen and oxygen atoms in total. The monoisotopic (exact) mass is 403 g/mol. The van der Waals surface area contributed by atoms with Gasteiger partial charge in [0.05, 0.1) is 6.54 Å². The van der Waals surface area contributed by atoms with Crippen molar-refractivity contribution in [2.75, 3.05) is 46.1 Å². The third-order valence-corrected chi connectivity index (χ3v) is 10.4. The molecule has 154 valence electrons. The largest absolute Gasteiger partial charge is 0.395 e. The fourth-order valence-corrected chi connectivity index (χ4v) is 8.03. The lowest BCUT2D eigenvalue weighted by molar-refractivity contribution is 0.184. The average molecular weight is 404 g/mol. The molecule has 0 aromatic heterocycles. The summed E-state index contributed by atoms with van der Waals surface area (Å²) in [6.45, 7) is 18.0. The summed E-state index contributed by atoms with van der Waals surface area (Å²) in [5, 5.41) is 0. The summed E-state index contributed by atoms with van der Waals surface area (Å²) >= 11 is 0. The molecule has 0 bridgehead atoms. The van der Waals surface area contributed by atoms with Crippen LogP contribution in [0.4, 0.5) is 0 Å². The van der Waals surface area contributed by atoms with Gasteiger partial charge in [-0.15, -0.1) is 6.42 Å². The van der Waals surface area contributed by atoms with Gasteiger partial charge in [0.1, 0.15) is 0 Å². The Labute approximate surface area is 164 Å². The molecule has 0 amide bonds. The molecule has 0 radical (unpaired) electrons. The molecule has 0 saturated heterocycles. The highest BCUT2D eigenvalue weighted by atomic mass is 28.4. The number of rotatable bonds is 17. The van der Waals surface area contributed by atoms with Crippen molar-refractivity contribution in [2.24, 2.45) is 0 Å². The molecule has 0 aliphatic carbocycles. The van der Waals surface area contributed by atoms with E-state index in [9.17, 15) is 0 Å². The molecule has 0 spiro atoms. The minimum atomic E-state index is -2.03. The van der Waals surface area contributed by atoms with Crippen molar-refractivity contribution in [1.29, 1.82) is 0 Å². The predicted octanol–water partition coefficient (Wildman–Crippen LogP) is 3.99. The first kappa shape index (κ1) is 25.8. The highest BCUT2D eigenvalue weighted by Crippen LogP contribution is 2.18. The van der Waals surface area contributed by atoms with Gasteiger partial charge in [0, 0.05) is 26.4 Å². The molecule has 0 saturated carbocycles. The first-order chi connectivity index (χ1) is 12.4. The van der Waals surface area contributed by atoms with Gasteiger partial charge < -0.3 is 17.7 Å². The Morgan fingerprint density at radius 3 is 1.35 bits per heavy atom. The van der Waals surface area contributed by atoms with Crippen molar-refractivity contribution < 1.29 is 17.7 Å². The van der Waals surface area contributed by atoms with E-state index in [0.29, 0.717) is 6.54 Å². The van der Waals surface area contributed by atoms with Crippen molar-refractivity contribution in [3.05, 3.63) is 0 Å². The van der Waals surface area contributed by atoms with E-state index in [4.69, 9.17) is 24.1 Å². The molecule has 0 atom stereocenters. The number of hydrogen-bond donors (Lipinski definition) is 0. The Hall–Kier alpha value is -0.206. The maximum atomic E-state index is 5.92. The van der Waals surface area contributed by atoms with E-state index in [-0.39, 0.29) is 0 Å². The summed E-state index contributed by atoms with van der Waals surface area (Å²) in [7, 11) is -4.07. The van der Waals surface area contributed by atoms with Gasteiger partial charge >= 0.3 is 17.1 Å². The smallest absolute Gasteiger partial charge is 0.334 e. The first-order valence-corrected chi connectivity index (χ1v) is 15.1. The zero-order chi connectivity index (χ0) is 19.9. The van der Waals surface area contributed by atoms with Crippen LogP contribution >= 0.6 is 0 Å². The van der Waals surface area contributed by atoms with Crippen molar-refractivity contribution >= 4 is 17.1 Å². The van der Waals surface area contributed by atoms with Gasteiger partial charge in [0.25, 0.3) is 0 Å². The first-order valence-electron chi connectivity index (χ1n) is 10.1. The number of nitrogens with zero attached hydrogens (tertiary/aromatic N) is 1.